The lowest BCUT2D eigenvalue weighted by atomic mass is 9.92. The minimum absolute atomic E-state index is 0.0375. The van der Waals surface area contributed by atoms with Gasteiger partial charge in [0.15, 0.2) is 5.82 Å². The lowest BCUT2D eigenvalue weighted by Crippen LogP contribution is -2.51. The molecule has 2 aromatic rings. The summed E-state index contributed by atoms with van der Waals surface area (Å²) in [6, 6.07) is 14.1. The number of nitriles is 1. The topological polar surface area (TPSA) is 64.8 Å². The lowest BCUT2D eigenvalue weighted by molar-refractivity contribution is 0.381. The van der Waals surface area contributed by atoms with Gasteiger partial charge in [-0.1, -0.05) is 32.9 Å². The standard InChI is InChI=1S/C20H25N5/c1-20(2,3)18-7-8-19(24-23-18)25-13-17(14-25)12-22-11-16-6-4-5-15(9-16)10-21/h4-9,17,22H,11-14H2,1-3H3. The third-order valence-electron chi connectivity index (χ3n) is 4.52. The van der Waals surface area contributed by atoms with Gasteiger partial charge in [0.2, 0.25) is 0 Å². The van der Waals surface area contributed by atoms with Crippen molar-refractivity contribution >= 4 is 5.82 Å². The smallest absolute Gasteiger partial charge is 0.151 e. The van der Waals surface area contributed by atoms with E-state index in [2.05, 4.69) is 59.4 Å². The monoisotopic (exact) mass is 335 g/mol. The molecule has 1 N–H and O–H groups in total. The Bertz CT molecular complexity index is 749. The molecule has 130 valence electrons. The Hall–Kier alpha value is -2.45. The van der Waals surface area contributed by atoms with Crippen LogP contribution in [0, 0.1) is 17.2 Å². The number of rotatable bonds is 5. The molecule has 0 saturated carbocycles. The van der Waals surface area contributed by atoms with Crippen molar-refractivity contribution in [3.63, 3.8) is 0 Å². The number of nitrogens with zero attached hydrogens (tertiary/aromatic N) is 4. The van der Waals surface area contributed by atoms with Crippen molar-refractivity contribution in [2.45, 2.75) is 32.7 Å². The average molecular weight is 335 g/mol. The molecule has 3 rings (SSSR count). The predicted molar refractivity (Wildman–Crippen MR) is 99.3 cm³/mol. The summed E-state index contributed by atoms with van der Waals surface area (Å²) < 4.78 is 0. The van der Waals surface area contributed by atoms with Gasteiger partial charge in [0.1, 0.15) is 0 Å². The van der Waals surface area contributed by atoms with Crippen LogP contribution in [0.4, 0.5) is 5.82 Å². The summed E-state index contributed by atoms with van der Waals surface area (Å²) in [6.07, 6.45) is 0. The van der Waals surface area contributed by atoms with Crippen LogP contribution < -0.4 is 10.2 Å². The summed E-state index contributed by atoms with van der Waals surface area (Å²) >= 11 is 0. The molecule has 0 atom stereocenters. The molecule has 1 aromatic heterocycles. The van der Waals surface area contributed by atoms with Crippen LogP contribution in [0.2, 0.25) is 0 Å². The summed E-state index contributed by atoms with van der Waals surface area (Å²) in [5.74, 6) is 1.59. The number of hydrogen-bond acceptors (Lipinski definition) is 5. The van der Waals surface area contributed by atoms with Gasteiger partial charge in [-0.15, -0.1) is 5.10 Å². The molecule has 0 amide bonds. The molecular weight excluding hydrogens is 310 g/mol. The zero-order chi connectivity index (χ0) is 17.9. The molecular formula is C20H25N5. The highest BCUT2D eigenvalue weighted by molar-refractivity contribution is 5.41. The van der Waals surface area contributed by atoms with Crippen molar-refractivity contribution in [3.8, 4) is 6.07 Å². The van der Waals surface area contributed by atoms with Gasteiger partial charge in [-0.2, -0.15) is 10.4 Å². The van der Waals surface area contributed by atoms with Crippen molar-refractivity contribution in [2.24, 2.45) is 5.92 Å². The molecule has 0 unspecified atom stereocenters. The maximum Gasteiger partial charge on any atom is 0.151 e. The minimum Gasteiger partial charge on any atom is -0.354 e. The Morgan fingerprint density at radius 2 is 2.00 bits per heavy atom. The fraction of sp³-hybridized carbons (Fsp3) is 0.450. The van der Waals surface area contributed by atoms with E-state index in [9.17, 15) is 0 Å². The fourth-order valence-corrected chi connectivity index (χ4v) is 2.95. The maximum absolute atomic E-state index is 8.93. The third-order valence-corrected chi connectivity index (χ3v) is 4.52. The number of hydrogen-bond donors (Lipinski definition) is 1. The highest BCUT2D eigenvalue weighted by atomic mass is 15.3. The van der Waals surface area contributed by atoms with Gasteiger partial charge in [-0.05, 0) is 29.8 Å². The maximum atomic E-state index is 8.93. The Balaban J connectivity index is 1.43. The van der Waals surface area contributed by atoms with Crippen molar-refractivity contribution in [1.29, 1.82) is 5.26 Å². The summed E-state index contributed by atoms with van der Waals surface area (Å²) in [6.45, 7) is 10.2. The van der Waals surface area contributed by atoms with E-state index in [0.29, 0.717) is 11.5 Å². The quantitative estimate of drug-likeness (QED) is 0.910. The van der Waals surface area contributed by atoms with Gasteiger partial charge >= 0.3 is 0 Å². The molecule has 0 radical (unpaired) electrons. The summed E-state index contributed by atoms with van der Waals surface area (Å²) in [5, 5.41) is 21.2. The summed E-state index contributed by atoms with van der Waals surface area (Å²) in [5.41, 5.74) is 2.93. The van der Waals surface area contributed by atoms with Gasteiger partial charge in [0, 0.05) is 37.5 Å². The Morgan fingerprint density at radius 3 is 2.64 bits per heavy atom. The van der Waals surface area contributed by atoms with Crippen LogP contribution in [0.5, 0.6) is 0 Å². The molecule has 0 spiro atoms. The van der Waals surface area contributed by atoms with Crippen LogP contribution in [0.25, 0.3) is 0 Å². The van der Waals surface area contributed by atoms with Crippen molar-refractivity contribution < 1.29 is 0 Å². The first-order valence-corrected chi connectivity index (χ1v) is 8.74. The van der Waals surface area contributed by atoms with Gasteiger partial charge in [0.25, 0.3) is 0 Å². The van der Waals surface area contributed by atoms with Gasteiger partial charge in [-0.25, -0.2) is 0 Å². The molecule has 25 heavy (non-hydrogen) atoms. The highest BCUT2D eigenvalue weighted by Crippen LogP contribution is 2.24. The molecule has 5 heteroatoms. The predicted octanol–water partition coefficient (Wildman–Crippen LogP) is 2.87. The number of anilines is 1. The van der Waals surface area contributed by atoms with Crippen LogP contribution in [0.15, 0.2) is 36.4 Å². The Kier molecular flexibility index (Phi) is 5.00. The highest BCUT2D eigenvalue weighted by Gasteiger charge is 2.28. The third kappa shape index (κ3) is 4.34. The van der Waals surface area contributed by atoms with E-state index in [-0.39, 0.29) is 5.41 Å². The van der Waals surface area contributed by atoms with Crippen molar-refractivity contribution in [2.75, 3.05) is 24.5 Å². The first-order valence-electron chi connectivity index (χ1n) is 8.74. The van der Waals surface area contributed by atoms with Crippen molar-refractivity contribution in [1.82, 2.24) is 15.5 Å². The largest absolute Gasteiger partial charge is 0.354 e. The minimum atomic E-state index is 0.0375. The van der Waals surface area contributed by atoms with Crippen LogP contribution in [0.3, 0.4) is 0 Å². The van der Waals surface area contributed by atoms with E-state index in [0.717, 1.165) is 43.3 Å². The normalized spacial score (nSPS) is 14.9. The van der Waals surface area contributed by atoms with E-state index >= 15 is 0 Å². The molecule has 1 aliphatic heterocycles. The van der Waals surface area contributed by atoms with E-state index in [1.54, 1.807) is 0 Å². The molecule has 1 saturated heterocycles. The molecule has 5 nitrogen and oxygen atoms in total. The van der Waals surface area contributed by atoms with Gasteiger partial charge in [0.05, 0.1) is 17.3 Å². The van der Waals surface area contributed by atoms with E-state index in [4.69, 9.17) is 5.26 Å². The number of benzene rings is 1. The molecule has 0 bridgehead atoms. The first kappa shape index (κ1) is 17.4. The SMILES string of the molecule is CC(C)(C)c1ccc(N2CC(CNCc3cccc(C#N)c3)C2)nn1. The first-order chi connectivity index (χ1) is 12.0. The van der Waals surface area contributed by atoms with Crippen LogP contribution in [-0.4, -0.2) is 29.8 Å². The molecule has 2 heterocycles. The van der Waals surface area contributed by atoms with Crippen LogP contribution >= 0.6 is 0 Å². The lowest BCUT2D eigenvalue weighted by Gasteiger charge is -2.40. The zero-order valence-corrected chi connectivity index (χ0v) is 15.2. The average Bonchev–Trinajstić information content (AvgIpc) is 2.56. The number of aromatic nitrogens is 2. The van der Waals surface area contributed by atoms with Gasteiger partial charge in [-0.3, -0.25) is 0 Å². The van der Waals surface area contributed by atoms with Gasteiger partial charge < -0.3 is 10.2 Å². The molecule has 1 fully saturated rings. The van der Waals surface area contributed by atoms with E-state index < -0.39 is 0 Å². The second-order valence-corrected chi connectivity index (χ2v) is 7.74. The van der Waals surface area contributed by atoms with Crippen molar-refractivity contribution in [3.05, 3.63) is 53.2 Å². The number of nitrogens with one attached hydrogen (secondary N) is 1. The Labute approximate surface area is 149 Å². The fourth-order valence-electron chi connectivity index (χ4n) is 2.95. The second-order valence-electron chi connectivity index (χ2n) is 7.74. The van der Waals surface area contributed by atoms with E-state index in [1.165, 1.54) is 0 Å². The summed E-state index contributed by atoms with van der Waals surface area (Å²) in [4.78, 5) is 2.27. The van der Waals surface area contributed by atoms with E-state index in [1.807, 2.05) is 24.3 Å². The molecule has 1 aromatic carbocycles. The molecule has 1 aliphatic rings. The zero-order valence-electron chi connectivity index (χ0n) is 15.2. The van der Waals surface area contributed by atoms with Crippen LogP contribution in [-0.2, 0) is 12.0 Å². The Morgan fingerprint density at radius 1 is 1.20 bits per heavy atom. The van der Waals surface area contributed by atoms with Crippen LogP contribution in [0.1, 0.15) is 37.6 Å². The summed E-state index contributed by atoms with van der Waals surface area (Å²) in [7, 11) is 0. The molecule has 0 aliphatic carbocycles. The second kappa shape index (κ2) is 7.20.